The zero-order valence-corrected chi connectivity index (χ0v) is 11.8. The molecule has 18 heavy (non-hydrogen) atoms. The summed E-state index contributed by atoms with van der Waals surface area (Å²) < 4.78 is 5.78. The van der Waals surface area contributed by atoms with Gasteiger partial charge in [-0.2, -0.15) is 0 Å². The Morgan fingerprint density at radius 2 is 2.11 bits per heavy atom. The predicted molar refractivity (Wildman–Crippen MR) is 75.0 cm³/mol. The first-order valence-electron chi connectivity index (χ1n) is 6.91. The van der Waals surface area contributed by atoms with E-state index in [9.17, 15) is 0 Å². The van der Waals surface area contributed by atoms with E-state index < -0.39 is 0 Å². The van der Waals surface area contributed by atoms with Gasteiger partial charge in [0.1, 0.15) is 5.75 Å². The van der Waals surface area contributed by atoms with E-state index in [4.69, 9.17) is 4.74 Å². The molecule has 1 aromatic carbocycles. The molecule has 0 saturated heterocycles. The maximum absolute atomic E-state index is 5.78. The third kappa shape index (κ3) is 3.03. The molecule has 2 rings (SSSR count). The highest BCUT2D eigenvalue weighted by molar-refractivity contribution is 5.44. The van der Waals surface area contributed by atoms with Crippen LogP contribution in [0.25, 0.3) is 0 Å². The van der Waals surface area contributed by atoms with Gasteiger partial charge in [-0.05, 0) is 44.1 Å². The van der Waals surface area contributed by atoms with Crippen LogP contribution in [0.2, 0.25) is 0 Å². The number of ether oxygens (including phenoxy) is 1. The number of rotatable bonds is 5. The summed E-state index contributed by atoms with van der Waals surface area (Å²) in [4.78, 5) is 2.36. The van der Waals surface area contributed by atoms with Gasteiger partial charge >= 0.3 is 0 Å². The molecule has 3 nitrogen and oxygen atoms in total. The lowest BCUT2D eigenvalue weighted by molar-refractivity contribution is 0.307. The Hall–Kier alpha value is -1.06. The van der Waals surface area contributed by atoms with E-state index in [1.807, 2.05) is 6.92 Å². The lowest BCUT2D eigenvalue weighted by atomic mass is 9.96. The molecule has 3 heteroatoms. The van der Waals surface area contributed by atoms with Crippen molar-refractivity contribution in [2.24, 2.45) is 0 Å². The Labute approximate surface area is 110 Å². The minimum atomic E-state index is 0.730. The molecular formula is C15H24N2O. The normalized spacial score (nSPS) is 15.5. The Morgan fingerprint density at radius 1 is 1.28 bits per heavy atom. The molecule has 1 N–H and O–H groups in total. The van der Waals surface area contributed by atoms with Crippen molar-refractivity contribution in [1.82, 2.24) is 10.2 Å². The topological polar surface area (TPSA) is 24.5 Å². The molecule has 1 aromatic rings. The van der Waals surface area contributed by atoms with E-state index in [2.05, 4.69) is 36.3 Å². The molecule has 0 aliphatic carbocycles. The van der Waals surface area contributed by atoms with E-state index >= 15 is 0 Å². The molecule has 0 unspecified atom stereocenters. The molecule has 0 radical (unpaired) electrons. The highest BCUT2D eigenvalue weighted by Crippen LogP contribution is 2.27. The van der Waals surface area contributed by atoms with Gasteiger partial charge in [0, 0.05) is 25.2 Å². The summed E-state index contributed by atoms with van der Waals surface area (Å²) in [5.74, 6) is 1.05. The molecule has 100 valence electrons. The van der Waals surface area contributed by atoms with E-state index in [0.29, 0.717) is 0 Å². The molecule has 0 atom stereocenters. The highest BCUT2D eigenvalue weighted by atomic mass is 16.5. The van der Waals surface area contributed by atoms with Crippen molar-refractivity contribution in [3.05, 3.63) is 28.8 Å². The molecule has 0 aromatic heterocycles. The van der Waals surface area contributed by atoms with Crippen LogP contribution in [0.15, 0.2) is 12.1 Å². The Morgan fingerprint density at radius 3 is 2.83 bits per heavy atom. The average molecular weight is 248 g/mol. The fraction of sp³-hybridized carbons (Fsp3) is 0.600. The van der Waals surface area contributed by atoms with Gasteiger partial charge in [-0.3, -0.25) is 0 Å². The fourth-order valence-corrected chi connectivity index (χ4v) is 2.47. The van der Waals surface area contributed by atoms with Gasteiger partial charge in [0.25, 0.3) is 0 Å². The summed E-state index contributed by atoms with van der Waals surface area (Å²) in [6.07, 6.45) is 1.15. The van der Waals surface area contributed by atoms with Crippen LogP contribution in [0.4, 0.5) is 0 Å². The maximum atomic E-state index is 5.78. The number of hydrogen-bond acceptors (Lipinski definition) is 3. The molecule has 0 amide bonds. The van der Waals surface area contributed by atoms with Crippen molar-refractivity contribution in [1.29, 1.82) is 0 Å². The van der Waals surface area contributed by atoms with Crippen molar-refractivity contribution >= 4 is 0 Å². The van der Waals surface area contributed by atoms with Crippen LogP contribution >= 0.6 is 0 Å². The Kier molecular flexibility index (Phi) is 4.61. The second-order valence-electron chi connectivity index (χ2n) is 4.93. The van der Waals surface area contributed by atoms with E-state index in [1.54, 1.807) is 0 Å². The third-order valence-electron chi connectivity index (χ3n) is 3.45. The van der Waals surface area contributed by atoms with Gasteiger partial charge in [-0.1, -0.05) is 13.0 Å². The van der Waals surface area contributed by atoms with Crippen molar-refractivity contribution in [3.8, 4) is 5.75 Å². The Bertz CT molecular complexity index is 404. The molecule has 1 aliphatic heterocycles. The number of nitrogens with zero attached hydrogens (tertiary/aromatic N) is 1. The molecule has 1 heterocycles. The SMILES string of the molecule is CCNCc1cc2c(cc1OCC)CN(C)CC2. The molecule has 0 spiro atoms. The summed E-state index contributed by atoms with van der Waals surface area (Å²) in [6, 6.07) is 4.57. The van der Waals surface area contributed by atoms with Crippen molar-refractivity contribution in [3.63, 3.8) is 0 Å². The van der Waals surface area contributed by atoms with Crippen LogP contribution in [0, 0.1) is 0 Å². The van der Waals surface area contributed by atoms with E-state index in [0.717, 1.165) is 45.0 Å². The zero-order valence-electron chi connectivity index (χ0n) is 11.8. The summed E-state index contributed by atoms with van der Waals surface area (Å²) in [5, 5.41) is 3.39. The van der Waals surface area contributed by atoms with Crippen LogP contribution in [0.5, 0.6) is 5.75 Å². The third-order valence-corrected chi connectivity index (χ3v) is 3.45. The largest absolute Gasteiger partial charge is 0.494 e. The first-order valence-corrected chi connectivity index (χ1v) is 6.91. The number of benzene rings is 1. The van der Waals surface area contributed by atoms with Crippen LogP contribution in [-0.4, -0.2) is 31.6 Å². The van der Waals surface area contributed by atoms with Crippen LogP contribution in [0.3, 0.4) is 0 Å². The van der Waals surface area contributed by atoms with Crippen molar-refractivity contribution < 1.29 is 4.74 Å². The summed E-state index contributed by atoms with van der Waals surface area (Å²) in [6.45, 7) is 8.99. The molecule has 0 bridgehead atoms. The Balaban J connectivity index is 2.27. The maximum Gasteiger partial charge on any atom is 0.124 e. The van der Waals surface area contributed by atoms with Gasteiger partial charge < -0.3 is 15.0 Å². The van der Waals surface area contributed by atoms with Gasteiger partial charge in [0.15, 0.2) is 0 Å². The van der Waals surface area contributed by atoms with Crippen molar-refractivity contribution in [2.75, 3.05) is 26.7 Å². The number of nitrogens with one attached hydrogen (secondary N) is 1. The first-order chi connectivity index (χ1) is 8.74. The molecule has 1 aliphatic rings. The fourth-order valence-electron chi connectivity index (χ4n) is 2.47. The number of likely N-dealkylation sites (N-methyl/N-ethyl adjacent to an activating group) is 1. The molecular weight excluding hydrogens is 224 g/mol. The molecule has 0 saturated carbocycles. The zero-order chi connectivity index (χ0) is 13.0. The summed E-state index contributed by atoms with van der Waals surface area (Å²) in [5.41, 5.74) is 4.21. The van der Waals surface area contributed by atoms with Crippen LogP contribution < -0.4 is 10.1 Å². The van der Waals surface area contributed by atoms with Gasteiger partial charge in [0.05, 0.1) is 6.61 Å². The van der Waals surface area contributed by atoms with Crippen LogP contribution in [0.1, 0.15) is 30.5 Å². The van der Waals surface area contributed by atoms with E-state index in [1.165, 1.54) is 16.7 Å². The second-order valence-corrected chi connectivity index (χ2v) is 4.93. The van der Waals surface area contributed by atoms with E-state index in [-0.39, 0.29) is 0 Å². The minimum absolute atomic E-state index is 0.730. The second kappa shape index (κ2) is 6.21. The average Bonchev–Trinajstić information content (AvgIpc) is 2.36. The van der Waals surface area contributed by atoms with Gasteiger partial charge in [0.2, 0.25) is 0 Å². The van der Waals surface area contributed by atoms with Crippen LogP contribution in [-0.2, 0) is 19.5 Å². The quantitative estimate of drug-likeness (QED) is 0.864. The predicted octanol–water partition coefficient (Wildman–Crippen LogP) is 2.18. The van der Waals surface area contributed by atoms with Gasteiger partial charge in [-0.25, -0.2) is 0 Å². The van der Waals surface area contributed by atoms with Crippen molar-refractivity contribution in [2.45, 2.75) is 33.4 Å². The van der Waals surface area contributed by atoms with Gasteiger partial charge in [-0.15, -0.1) is 0 Å². The monoisotopic (exact) mass is 248 g/mol. The lowest BCUT2D eigenvalue weighted by Gasteiger charge is -2.26. The number of fused-ring (bicyclic) bond motifs is 1. The summed E-state index contributed by atoms with van der Waals surface area (Å²) in [7, 11) is 2.18. The summed E-state index contributed by atoms with van der Waals surface area (Å²) >= 11 is 0. The molecule has 0 fully saturated rings. The first kappa shape index (κ1) is 13.4. The minimum Gasteiger partial charge on any atom is -0.494 e. The smallest absolute Gasteiger partial charge is 0.124 e. The highest BCUT2D eigenvalue weighted by Gasteiger charge is 2.16. The standard InChI is InChI=1S/C15H24N2O/c1-4-16-10-13-8-12-6-7-17(3)11-14(12)9-15(13)18-5-2/h8-9,16H,4-7,10-11H2,1-3H3. The lowest BCUT2D eigenvalue weighted by Crippen LogP contribution is -2.27. The number of hydrogen-bond donors (Lipinski definition) is 1.